The third kappa shape index (κ3) is 2.10. The standard InChI is InChI=1S/C11H14FNO/c1-11(2,3)9-6-7(12)4-5-8(9)10(13)14/h4-6H,1-3H3,(H2,13,14). The highest BCUT2D eigenvalue weighted by Gasteiger charge is 2.20. The Hall–Kier alpha value is -1.38. The Kier molecular flexibility index (Phi) is 2.60. The van der Waals surface area contributed by atoms with Crippen LogP contribution in [0.2, 0.25) is 0 Å². The monoisotopic (exact) mass is 195 g/mol. The zero-order valence-electron chi connectivity index (χ0n) is 8.60. The van der Waals surface area contributed by atoms with E-state index in [2.05, 4.69) is 0 Å². The molecule has 0 saturated carbocycles. The predicted octanol–water partition coefficient (Wildman–Crippen LogP) is 2.22. The molecule has 1 amide bonds. The van der Waals surface area contributed by atoms with Crippen LogP contribution in [0.3, 0.4) is 0 Å². The van der Waals surface area contributed by atoms with Crippen molar-refractivity contribution in [2.75, 3.05) is 0 Å². The highest BCUT2D eigenvalue weighted by molar-refractivity contribution is 5.94. The quantitative estimate of drug-likeness (QED) is 0.733. The summed E-state index contributed by atoms with van der Waals surface area (Å²) in [7, 11) is 0. The molecule has 1 aromatic carbocycles. The molecule has 0 aliphatic heterocycles. The molecule has 2 N–H and O–H groups in total. The van der Waals surface area contributed by atoms with E-state index in [4.69, 9.17) is 5.73 Å². The molecule has 2 nitrogen and oxygen atoms in total. The number of hydrogen-bond donors (Lipinski definition) is 1. The van der Waals surface area contributed by atoms with Gasteiger partial charge in [-0.25, -0.2) is 4.39 Å². The van der Waals surface area contributed by atoms with Gasteiger partial charge in [-0.15, -0.1) is 0 Å². The van der Waals surface area contributed by atoms with Crippen molar-refractivity contribution in [3.8, 4) is 0 Å². The summed E-state index contributed by atoms with van der Waals surface area (Å²) in [5.74, 6) is -0.866. The van der Waals surface area contributed by atoms with Gasteiger partial charge in [0.15, 0.2) is 0 Å². The molecule has 0 spiro atoms. The van der Waals surface area contributed by atoms with Crippen LogP contribution in [0.1, 0.15) is 36.7 Å². The van der Waals surface area contributed by atoms with E-state index in [1.54, 1.807) is 0 Å². The fourth-order valence-corrected chi connectivity index (χ4v) is 1.35. The van der Waals surface area contributed by atoms with Gasteiger partial charge in [0.2, 0.25) is 5.91 Å². The second-order valence-corrected chi connectivity index (χ2v) is 4.30. The average molecular weight is 195 g/mol. The van der Waals surface area contributed by atoms with Gasteiger partial charge in [-0.05, 0) is 29.2 Å². The van der Waals surface area contributed by atoms with Crippen LogP contribution in [0.15, 0.2) is 18.2 Å². The maximum atomic E-state index is 13.0. The molecule has 76 valence electrons. The Balaban J connectivity index is 3.38. The van der Waals surface area contributed by atoms with Crippen molar-refractivity contribution in [2.24, 2.45) is 5.73 Å². The van der Waals surface area contributed by atoms with E-state index in [1.165, 1.54) is 18.2 Å². The highest BCUT2D eigenvalue weighted by atomic mass is 19.1. The van der Waals surface area contributed by atoms with Crippen molar-refractivity contribution in [1.29, 1.82) is 0 Å². The largest absolute Gasteiger partial charge is 0.366 e. The molecule has 0 aromatic heterocycles. The summed E-state index contributed by atoms with van der Waals surface area (Å²) >= 11 is 0. The van der Waals surface area contributed by atoms with Crippen LogP contribution < -0.4 is 5.73 Å². The first kappa shape index (κ1) is 10.7. The number of amides is 1. The van der Waals surface area contributed by atoms with Gasteiger partial charge in [0, 0.05) is 5.56 Å². The molecule has 0 aliphatic carbocycles. The Morgan fingerprint density at radius 1 is 1.36 bits per heavy atom. The first-order chi connectivity index (χ1) is 6.32. The number of carbonyl (C=O) groups is 1. The topological polar surface area (TPSA) is 43.1 Å². The van der Waals surface area contributed by atoms with Crippen molar-refractivity contribution >= 4 is 5.91 Å². The summed E-state index contributed by atoms with van der Waals surface area (Å²) in [6, 6.07) is 4.04. The molecular formula is C11H14FNO. The predicted molar refractivity (Wildman–Crippen MR) is 53.6 cm³/mol. The maximum Gasteiger partial charge on any atom is 0.249 e. The van der Waals surface area contributed by atoms with Crippen molar-refractivity contribution < 1.29 is 9.18 Å². The summed E-state index contributed by atoms with van der Waals surface area (Å²) < 4.78 is 13.0. The molecular weight excluding hydrogens is 181 g/mol. The third-order valence-corrected chi connectivity index (χ3v) is 2.06. The van der Waals surface area contributed by atoms with E-state index in [-0.39, 0.29) is 11.2 Å². The van der Waals surface area contributed by atoms with Crippen LogP contribution in [0.25, 0.3) is 0 Å². The van der Waals surface area contributed by atoms with Crippen LogP contribution in [-0.4, -0.2) is 5.91 Å². The van der Waals surface area contributed by atoms with Gasteiger partial charge in [0.1, 0.15) is 5.82 Å². The van der Waals surface area contributed by atoms with Crippen LogP contribution in [0.4, 0.5) is 4.39 Å². The number of halogens is 1. The van der Waals surface area contributed by atoms with Crippen LogP contribution in [-0.2, 0) is 5.41 Å². The lowest BCUT2D eigenvalue weighted by molar-refractivity contribution is 0.0998. The van der Waals surface area contributed by atoms with Gasteiger partial charge < -0.3 is 5.73 Å². The normalized spacial score (nSPS) is 11.4. The Morgan fingerprint density at radius 2 is 1.93 bits per heavy atom. The number of nitrogens with two attached hydrogens (primary N) is 1. The Labute approximate surface area is 82.9 Å². The van der Waals surface area contributed by atoms with Crippen LogP contribution in [0.5, 0.6) is 0 Å². The first-order valence-corrected chi connectivity index (χ1v) is 4.42. The number of primary amides is 1. The Morgan fingerprint density at radius 3 is 2.36 bits per heavy atom. The molecule has 3 heteroatoms. The van der Waals surface area contributed by atoms with Crippen molar-refractivity contribution in [3.63, 3.8) is 0 Å². The molecule has 0 heterocycles. The lowest BCUT2D eigenvalue weighted by atomic mass is 9.83. The minimum Gasteiger partial charge on any atom is -0.366 e. The lowest BCUT2D eigenvalue weighted by Crippen LogP contribution is -2.21. The highest BCUT2D eigenvalue weighted by Crippen LogP contribution is 2.26. The van der Waals surface area contributed by atoms with Gasteiger partial charge in [-0.2, -0.15) is 0 Å². The number of rotatable bonds is 1. The summed E-state index contributed by atoms with van der Waals surface area (Å²) in [5, 5.41) is 0. The van der Waals surface area contributed by atoms with E-state index in [9.17, 15) is 9.18 Å². The third-order valence-electron chi connectivity index (χ3n) is 2.06. The number of carbonyl (C=O) groups excluding carboxylic acids is 1. The van der Waals surface area contributed by atoms with Gasteiger partial charge in [-0.3, -0.25) is 4.79 Å². The minimum atomic E-state index is -0.519. The molecule has 1 rings (SSSR count). The molecule has 0 radical (unpaired) electrons. The minimum absolute atomic E-state index is 0.285. The van der Waals surface area contributed by atoms with Crippen molar-refractivity contribution in [2.45, 2.75) is 26.2 Å². The molecule has 0 atom stereocenters. The van der Waals surface area contributed by atoms with E-state index < -0.39 is 5.91 Å². The summed E-state index contributed by atoms with van der Waals surface area (Å²) in [6.45, 7) is 5.73. The van der Waals surface area contributed by atoms with E-state index >= 15 is 0 Å². The Bertz CT molecular complexity index is 366. The van der Waals surface area contributed by atoms with E-state index in [0.717, 1.165) is 0 Å². The molecule has 0 saturated heterocycles. The molecule has 14 heavy (non-hydrogen) atoms. The maximum absolute atomic E-state index is 13.0. The molecule has 1 aromatic rings. The molecule has 0 fully saturated rings. The average Bonchev–Trinajstić information content (AvgIpc) is 2.01. The number of hydrogen-bond acceptors (Lipinski definition) is 1. The van der Waals surface area contributed by atoms with Gasteiger partial charge in [0.05, 0.1) is 0 Å². The summed E-state index contributed by atoms with van der Waals surface area (Å²) in [6.07, 6.45) is 0. The summed E-state index contributed by atoms with van der Waals surface area (Å²) in [5.41, 5.74) is 5.95. The SMILES string of the molecule is CC(C)(C)c1cc(F)ccc1C(N)=O. The van der Waals surface area contributed by atoms with Gasteiger partial charge in [-0.1, -0.05) is 20.8 Å². The number of benzene rings is 1. The first-order valence-electron chi connectivity index (χ1n) is 4.42. The summed E-state index contributed by atoms with van der Waals surface area (Å²) in [4.78, 5) is 11.1. The van der Waals surface area contributed by atoms with Crippen LogP contribution >= 0.6 is 0 Å². The lowest BCUT2D eigenvalue weighted by Gasteiger charge is -2.21. The van der Waals surface area contributed by atoms with E-state index in [0.29, 0.717) is 11.1 Å². The smallest absolute Gasteiger partial charge is 0.249 e. The fraction of sp³-hybridized carbons (Fsp3) is 0.364. The fourth-order valence-electron chi connectivity index (χ4n) is 1.35. The molecule has 0 unspecified atom stereocenters. The zero-order valence-corrected chi connectivity index (χ0v) is 8.60. The van der Waals surface area contributed by atoms with E-state index in [1.807, 2.05) is 20.8 Å². The van der Waals surface area contributed by atoms with Gasteiger partial charge in [0.25, 0.3) is 0 Å². The molecule has 0 aliphatic rings. The molecule has 0 bridgehead atoms. The van der Waals surface area contributed by atoms with Crippen molar-refractivity contribution in [3.05, 3.63) is 35.1 Å². The second kappa shape index (κ2) is 3.40. The van der Waals surface area contributed by atoms with Gasteiger partial charge >= 0.3 is 0 Å². The second-order valence-electron chi connectivity index (χ2n) is 4.30. The van der Waals surface area contributed by atoms with Crippen molar-refractivity contribution in [1.82, 2.24) is 0 Å². The van der Waals surface area contributed by atoms with Crippen LogP contribution in [0, 0.1) is 5.82 Å². The zero-order chi connectivity index (χ0) is 10.9.